The minimum atomic E-state index is 0.632. The molecule has 1 fully saturated rings. The number of rotatable bonds is 4. The molecule has 0 saturated carbocycles. The normalized spacial score (nSPS) is 21.4. The van der Waals surface area contributed by atoms with Crippen LogP contribution in [0.2, 0.25) is 0 Å². The molecule has 0 radical (unpaired) electrons. The third-order valence-corrected chi connectivity index (χ3v) is 3.48. The van der Waals surface area contributed by atoms with Crippen molar-refractivity contribution in [3.63, 3.8) is 0 Å². The molecule has 1 aliphatic rings. The van der Waals surface area contributed by atoms with Gasteiger partial charge in [0.2, 0.25) is 0 Å². The minimum Gasteiger partial charge on any atom is -0.399 e. The summed E-state index contributed by atoms with van der Waals surface area (Å²) in [6.07, 6.45) is 5.23. The molecule has 88 valence electrons. The Balaban J connectivity index is 2.04. The van der Waals surface area contributed by atoms with Gasteiger partial charge < -0.3 is 5.73 Å². The van der Waals surface area contributed by atoms with Crippen molar-refractivity contribution in [2.45, 2.75) is 38.6 Å². The predicted molar refractivity (Wildman–Crippen MR) is 69.3 cm³/mol. The van der Waals surface area contributed by atoms with Gasteiger partial charge in [-0.15, -0.1) is 0 Å². The van der Waals surface area contributed by atoms with Gasteiger partial charge in [0.1, 0.15) is 0 Å². The highest BCUT2D eigenvalue weighted by Crippen LogP contribution is 2.32. The third-order valence-electron chi connectivity index (χ3n) is 3.48. The van der Waals surface area contributed by atoms with Crippen LogP contribution in [-0.4, -0.2) is 18.0 Å². The summed E-state index contributed by atoms with van der Waals surface area (Å²) >= 11 is 0. The molecule has 1 saturated heterocycles. The molecule has 1 unspecified atom stereocenters. The highest BCUT2D eigenvalue weighted by molar-refractivity contribution is 5.40. The van der Waals surface area contributed by atoms with Crippen LogP contribution >= 0.6 is 0 Å². The first-order valence-corrected chi connectivity index (χ1v) is 6.40. The zero-order valence-corrected chi connectivity index (χ0v) is 10.2. The molecular formula is C14H22N2. The molecule has 2 N–H and O–H groups in total. The summed E-state index contributed by atoms with van der Waals surface area (Å²) < 4.78 is 0. The van der Waals surface area contributed by atoms with E-state index >= 15 is 0 Å². The van der Waals surface area contributed by atoms with Gasteiger partial charge in [-0.2, -0.15) is 0 Å². The fraction of sp³-hybridized carbons (Fsp3) is 0.571. The fourth-order valence-corrected chi connectivity index (χ4v) is 2.55. The number of nitrogens with two attached hydrogens (primary N) is 1. The van der Waals surface area contributed by atoms with Gasteiger partial charge in [0.25, 0.3) is 0 Å². The molecule has 0 aliphatic carbocycles. The quantitative estimate of drug-likeness (QED) is 0.786. The van der Waals surface area contributed by atoms with Gasteiger partial charge in [-0.3, -0.25) is 4.90 Å². The Morgan fingerprint density at radius 1 is 1.31 bits per heavy atom. The fourth-order valence-electron chi connectivity index (χ4n) is 2.55. The van der Waals surface area contributed by atoms with Gasteiger partial charge in [0.15, 0.2) is 0 Å². The number of nitrogens with zero attached hydrogens (tertiary/aromatic N) is 1. The number of unbranched alkanes of at least 4 members (excludes halogenated alkanes) is 1. The zero-order chi connectivity index (χ0) is 11.4. The molecule has 16 heavy (non-hydrogen) atoms. The van der Waals surface area contributed by atoms with Crippen molar-refractivity contribution in [2.24, 2.45) is 0 Å². The lowest BCUT2D eigenvalue weighted by Gasteiger charge is -2.24. The molecule has 2 nitrogen and oxygen atoms in total. The van der Waals surface area contributed by atoms with E-state index in [9.17, 15) is 0 Å². The molecule has 0 aromatic heterocycles. The number of anilines is 1. The molecule has 2 heteroatoms. The second kappa shape index (κ2) is 5.35. The third kappa shape index (κ3) is 2.56. The SMILES string of the molecule is CCCCN1CCCC1c1ccc(N)cc1. The number of nitrogen functional groups attached to an aromatic ring is 1. The van der Waals surface area contributed by atoms with Crippen LogP contribution in [0.25, 0.3) is 0 Å². The number of hydrogen-bond acceptors (Lipinski definition) is 2. The minimum absolute atomic E-state index is 0.632. The van der Waals surface area contributed by atoms with Crippen molar-refractivity contribution in [3.8, 4) is 0 Å². The lowest BCUT2D eigenvalue weighted by Crippen LogP contribution is -2.24. The summed E-state index contributed by atoms with van der Waals surface area (Å²) in [5.41, 5.74) is 8.02. The van der Waals surface area contributed by atoms with Crippen LogP contribution in [-0.2, 0) is 0 Å². The van der Waals surface area contributed by atoms with Gasteiger partial charge in [-0.1, -0.05) is 25.5 Å². The maximum absolute atomic E-state index is 5.73. The summed E-state index contributed by atoms with van der Waals surface area (Å²) in [7, 11) is 0. The van der Waals surface area contributed by atoms with Crippen molar-refractivity contribution in [1.82, 2.24) is 4.90 Å². The highest BCUT2D eigenvalue weighted by atomic mass is 15.2. The molecule has 1 aromatic rings. The van der Waals surface area contributed by atoms with Crippen LogP contribution in [0.15, 0.2) is 24.3 Å². The van der Waals surface area contributed by atoms with E-state index < -0.39 is 0 Å². The number of likely N-dealkylation sites (tertiary alicyclic amines) is 1. The van der Waals surface area contributed by atoms with Gasteiger partial charge in [0.05, 0.1) is 0 Å². The highest BCUT2D eigenvalue weighted by Gasteiger charge is 2.24. The molecule has 1 aromatic carbocycles. The van der Waals surface area contributed by atoms with Crippen molar-refractivity contribution in [2.75, 3.05) is 18.8 Å². The molecular weight excluding hydrogens is 196 g/mol. The van der Waals surface area contributed by atoms with Crippen molar-refractivity contribution in [1.29, 1.82) is 0 Å². The number of hydrogen-bond donors (Lipinski definition) is 1. The average molecular weight is 218 g/mol. The van der Waals surface area contributed by atoms with Crippen LogP contribution in [0.5, 0.6) is 0 Å². The summed E-state index contributed by atoms with van der Waals surface area (Å²) in [6.45, 7) is 4.76. The first-order chi connectivity index (χ1) is 7.81. The molecule has 1 heterocycles. The van der Waals surface area contributed by atoms with Crippen LogP contribution < -0.4 is 5.73 Å². The lowest BCUT2D eigenvalue weighted by molar-refractivity contribution is 0.253. The predicted octanol–water partition coefficient (Wildman–Crippen LogP) is 3.21. The van der Waals surface area contributed by atoms with Crippen LogP contribution in [0.1, 0.15) is 44.2 Å². The van der Waals surface area contributed by atoms with E-state index in [2.05, 4.69) is 24.0 Å². The van der Waals surface area contributed by atoms with Crippen LogP contribution in [0.3, 0.4) is 0 Å². The summed E-state index contributed by atoms with van der Waals surface area (Å²) in [4.78, 5) is 2.62. The molecule has 1 aliphatic heterocycles. The number of benzene rings is 1. The molecule has 0 spiro atoms. The molecule has 0 amide bonds. The van der Waals surface area contributed by atoms with E-state index in [0.717, 1.165) is 5.69 Å². The molecule has 0 bridgehead atoms. The van der Waals surface area contributed by atoms with Gasteiger partial charge in [0, 0.05) is 11.7 Å². The van der Waals surface area contributed by atoms with Gasteiger partial charge >= 0.3 is 0 Å². The first-order valence-electron chi connectivity index (χ1n) is 6.40. The van der Waals surface area contributed by atoms with Crippen molar-refractivity contribution >= 4 is 5.69 Å². The Bertz CT molecular complexity index is 318. The Labute approximate surface area is 98.4 Å². The summed E-state index contributed by atoms with van der Waals surface area (Å²) in [5, 5.41) is 0. The second-order valence-corrected chi connectivity index (χ2v) is 4.71. The smallest absolute Gasteiger partial charge is 0.0348 e. The van der Waals surface area contributed by atoms with E-state index in [1.54, 1.807) is 0 Å². The van der Waals surface area contributed by atoms with Crippen molar-refractivity contribution in [3.05, 3.63) is 29.8 Å². The Morgan fingerprint density at radius 3 is 2.75 bits per heavy atom. The Hall–Kier alpha value is -1.02. The maximum atomic E-state index is 5.73. The largest absolute Gasteiger partial charge is 0.399 e. The van der Waals surface area contributed by atoms with E-state index in [0.29, 0.717) is 6.04 Å². The molecule has 2 rings (SSSR count). The first kappa shape index (κ1) is 11.5. The topological polar surface area (TPSA) is 29.3 Å². The Morgan fingerprint density at radius 2 is 2.06 bits per heavy atom. The van der Waals surface area contributed by atoms with Crippen molar-refractivity contribution < 1.29 is 0 Å². The molecule has 1 atom stereocenters. The summed E-state index contributed by atoms with van der Waals surface area (Å²) in [5.74, 6) is 0. The van der Waals surface area contributed by atoms with E-state index in [1.165, 1.54) is 44.3 Å². The average Bonchev–Trinajstić information content (AvgIpc) is 2.75. The Kier molecular flexibility index (Phi) is 3.83. The standard InChI is InChI=1S/C14H22N2/c1-2-3-10-16-11-4-5-14(16)12-6-8-13(15)9-7-12/h6-9,14H,2-5,10-11,15H2,1H3. The monoisotopic (exact) mass is 218 g/mol. The lowest BCUT2D eigenvalue weighted by atomic mass is 10.0. The van der Waals surface area contributed by atoms with Crippen LogP contribution in [0.4, 0.5) is 5.69 Å². The van der Waals surface area contributed by atoms with Crippen LogP contribution in [0, 0.1) is 0 Å². The second-order valence-electron chi connectivity index (χ2n) is 4.71. The van der Waals surface area contributed by atoms with E-state index in [1.807, 2.05) is 12.1 Å². The zero-order valence-electron chi connectivity index (χ0n) is 10.2. The van der Waals surface area contributed by atoms with Gasteiger partial charge in [-0.25, -0.2) is 0 Å². The van der Waals surface area contributed by atoms with Gasteiger partial charge in [-0.05, 0) is 50.0 Å². The van der Waals surface area contributed by atoms with E-state index in [-0.39, 0.29) is 0 Å². The van der Waals surface area contributed by atoms with E-state index in [4.69, 9.17) is 5.73 Å². The maximum Gasteiger partial charge on any atom is 0.0348 e. The summed E-state index contributed by atoms with van der Waals surface area (Å²) in [6, 6.07) is 9.04.